The molecule has 0 bridgehead atoms. The average molecular weight is 596 g/mol. The Balaban J connectivity index is 1.62. The predicted octanol–water partition coefficient (Wildman–Crippen LogP) is 5.77. The molecule has 1 saturated heterocycles. The first-order valence-electron chi connectivity index (χ1n) is 13.9. The third-order valence-electron chi connectivity index (χ3n) is 7.91. The Hall–Kier alpha value is -3.82. The molecule has 5 rings (SSSR count). The number of hydrogen-bond donors (Lipinski definition) is 3. The van der Waals surface area contributed by atoms with Crippen molar-refractivity contribution in [3.05, 3.63) is 77.1 Å². The minimum Gasteiger partial charge on any atom is -0.493 e. The van der Waals surface area contributed by atoms with Gasteiger partial charge in [0.1, 0.15) is 12.6 Å². The number of para-hydroxylation sites is 1. The number of aliphatic hydroxyl groups excluding tert-OH is 1. The van der Waals surface area contributed by atoms with Crippen LogP contribution in [0.4, 0.5) is 21.5 Å². The van der Waals surface area contributed by atoms with Crippen LogP contribution in [0.15, 0.2) is 60.7 Å². The third-order valence-corrected chi connectivity index (χ3v) is 8.21. The molecule has 10 heteroatoms. The highest BCUT2D eigenvalue weighted by Gasteiger charge is 2.63. The van der Waals surface area contributed by atoms with Gasteiger partial charge in [0.15, 0.2) is 17.3 Å². The molecule has 0 saturated carbocycles. The smallest absolute Gasteiger partial charge is 0.247 e. The van der Waals surface area contributed by atoms with Crippen LogP contribution in [0.5, 0.6) is 11.5 Å². The van der Waals surface area contributed by atoms with E-state index in [2.05, 4.69) is 31.4 Å². The van der Waals surface area contributed by atoms with E-state index in [-0.39, 0.29) is 41.7 Å². The Morgan fingerprint density at radius 3 is 2.64 bits per heavy atom. The quantitative estimate of drug-likeness (QED) is 0.306. The van der Waals surface area contributed by atoms with Gasteiger partial charge in [-0.2, -0.15) is 0 Å². The summed E-state index contributed by atoms with van der Waals surface area (Å²) < 4.78 is 26.7. The zero-order chi connectivity index (χ0) is 30.2. The van der Waals surface area contributed by atoms with Crippen molar-refractivity contribution in [1.82, 2.24) is 0 Å². The molecular formula is C32H35ClFN3O5. The third kappa shape index (κ3) is 5.27. The molecule has 0 aliphatic carbocycles. The number of carbonyl (C=O) groups is 2. The molecule has 0 radical (unpaired) electrons. The number of methoxy groups -OCH3 is 1. The zero-order valence-electron chi connectivity index (χ0n) is 24.0. The van der Waals surface area contributed by atoms with Crippen LogP contribution < -0.4 is 25.0 Å². The fourth-order valence-electron chi connectivity index (χ4n) is 6.21. The number of hydrogen-bond acceptors (Lipinski definition) is 6. The highest BCUT2D eigenvalue weighted by atomic mass is 35.5. The largest absolute Gasteiger partial charge is 0.493 e. The molecule has 2 aliphatic heterocycles. The van der Waals surface area contributed by atoms with Gasteiger partial charge in [0, 0.05) is 23.5 Å². The summed E-state index contributed by atoms with van der Waals surface area (Å²) in [4.78, 5) is 29.9. The van der Waals surface area contributed by atoms with Crippen LogP contribution in [-0.4, -0.2) is 49.3 Å². The molecule has 2 aliphatic rings. The molecule has 3 unspecified atom stereocenters. The van der Waals surface area contributed by atoms with Crippen molar-refractivity contribution in [2.45, 2.75) is 51.1 Å². The van der Waals surface area contributed by atoms with E-state index in [0.29, 0.717) is 29.3 Å². The van der Waals surface area contributed by atoms with Gasteiger partial charge in [0.25, 0.3) is 0 Å². The van der Waals surface area contributed by atoms with Crippen molar-refractivity contribution in [3.8, 4) is 11.5 Å². The predicted molar refractivity (Wildman–Crippen MR) is 161 cm³/mol. The number of ether oxygens (including phenoxy) is 2. The molecule has 1 fully saturated rings. The Kier molecular flexibility index (Phi) is 8.09. The zero-order valence-corrected chi connectivity index (χ0v) is 24.8. The number of nitrogens with zero attached hydrogens (tertiary/aromatic N) is 1. The molecule has 0 aromatic heterocycles. The highest BCUT2D eigenvalue weighted by Crippen LogP contribution is 2.54. The molecule has 222 valence electrons. The summed E-state index contributed by atoms with van der Waals surface area (Å²) in [6.45, 7) is 6.11. The van der Waals surface area contributed by atoms with Gasteiger partial charge in [-0.25, -0.2) is 4.39 Å². The van der Waals surface area contributed by atoms with Crippen LogP contribution >= 0.6 is 11.6 Å². The lowest BCUT2D eigenvalue weighted by molar-refractivity contribution is -0.121. The van der Waals surface area contributed by atoms with Crippen LogP contribution in [0.1, 0.15) is 39.2 Å². The normalized spacial score (nSPS) is 21.3. The molecule has 1 spiro atoms. The lowest BCUT2D eigenvalue weighted by Crippen LogP contribution is -2.50. The number of benzene rings is 3. The molecule has 3 aromatic carbocycles. The number of fused-ring (bicyclic) bond motifs is 2. The van der Waals surface area contributed by atoms with Crippen molar-refractivity contribution < 1.29 is 28.6 Å². The first kappa shape index (κ1) is 29.7. The average Bonchev–Trinajstić information content (AvgIpc) is 3.43. The van der Waals surface area contributed by atoms with Crippen molar-refractivity contribution in [2.24, 2.45) is 5.41 Å². The van der Waals surface area contributed by atoms with E-state index in [1.807, 2.05) is 24.3 Å². The van der Waals surface area contributed by atoms with Crippen LogP contribution in [0.25, 0.3) is 0 Å². The molecule has 3 N–H and O–H groups in total. The van der Waals surface area contributed by atoms with E-state index in [0.717, 1.165) is 5.56 Å². The Morgan fingerprint density at radius 2 is 1.93 bits per heavy atom. The SMILES string of the molecule is COc1cc(NC(=O)C2CC3(C(=O)Nc4ccccc43)C(CC(C)(C)C)N2c2cccc(Cl)c2F)ccc1OCCO. The van der Waals surface area contributed by atoms with Crippen molar-refractivity contribution >= 4 is 40.5 Å². The molecule has 3 aromatic rings. The second-order valence-corrected chi connectivity index (χ2v) is 12.3. The molecule has 2 amide bonds. The number of anilines is 3. The Labute approximate surface area is 249 Å². The fourth-order valence-corrected chi connectivity index (χ4v) is 6.38. The second-order valence-electron chi connectivity index (χ2n) is 11.9. The first-order chi connectivity index (χ1) is 20.0. The summed E-state index contributed by atoms with van der Waals surface area (Å²) in [6, 6.07) is 15.6. The summed E-state index contributed by atoms with van der Waals surface area (Å²) in [7, 11) is 1.48. The Bertz CT molecular complexity index is 1510. The summed E-state index contributed by atoms with van der Waals surface area (Å²) in [5.41, 5.74) is 0.698. The van der Waals surface area contributed by atoms with Gasteiger partial charge in [0.05, 0.1) is 29.8 Å². The first-order valence-corrected chi connectivity index (χ1v) is 14.2. The van der Waals surface area contributed by atoms with Crippen LogP contribution in [-0.2, 0) is 15.0 Å². The van der Waals surface area contributed by atoms with Gasteiger partial charge in [-0.1, -0.05) is 56.6 Å². The molecule has 3 atom stereocenters. The minimum absolute atomic E-state index is 0.0680. The van der Waals surface area contributed by atoms with E-state index in [1.165, 1.54) is 13.2 Å². The monoisotopic (exact) mass is 595 g/mol. The van der Waals surface area contributed by atoms with Gasteiger partial charge in [-0.3, -0.25) is 9.59 Å². The highest BCUT2D eigenvalue weighted by molar-refractivity contribution is 6.31. The number of amides is 2. The maximum absolute atomic E-state index is 15.8. The van der Waals surface area contributed by atoms with Crippen molar-refractivity contribution in [3.63, 3.8) is 0 Å². The van der Waals surface area contributed by atoms with Crippen molar-refractivity contribution in [1.29, 1.82) is 0 Å². The number of carbonyl (C=O) groups excluding carboxylic acids is 2. The summed E-state index contributed by atoms with van der Waals surface area (Å²) in [5.74, 6) is -0.485. The van der Waals surface area contributed by atoms with Gasteiger partial charge in [-0.05, 0) is 54.2 Å². The summed E-state index contributed by atoms with van der Waals surface area (Å²) in [6.07, 6.45) is 0.623. The lowest BCUT2D eigenvalue weighted by atomic mass is 9.69. The molecule has 8 nitrogen and oxygen atoms in total. The second kappa shape index (κ2) is 11.5. The van der Waals surface area contributed by atoms with Crippen LogP contribution in [0.2, 0.25) is 5.02 Å². The van der Waals surface area contributed by atoms with E-state index in [9.17, 15) is 9.59 Å². The van der Waals surface area contributed by atoms with Gasteiger partial charge in [0.2, 0.25) is 11.8 Å². The summed E-state index contributed by atoms with van der Waals surface area (Å²) >= 11 is 6.25. The topological polar surface area (TPSA) is 100 Å². The van der Waals surface area contributed by atoms with Gasteiger partial charge < -0.3 is 30.1 Å². The molecular weight excluding hydrogens is 561 g/mol. The lowest BCUT2D eigenvalue weighted by Gasteiger charge is -2.40. The molecule has 2 heterocycles. The fraction of sp³-hybridized carbons (Fsp3) is 0.375. The van der Waals surface area contributed by atoms with E-state index in [1.54, 1.807) is 35.2 Å². The van der Waals surface area contributed by atoms with Gasteiger partial charge in [-0.15, -0.1) is 0 Å². The number of nitrogens with one attached hydrogen (secondary N) is 2. The van der Waals surface area contributed by atoms with Crippen LogP contribution in [0.3, 0.4) is 0 Å². The van der Waals surface area contributed by atoms with E-state index < -0.39 is 29.2 Å². The van der Waals surface area contributed by atoms with Crippen LogP contribution in [0, 0.1) is 11.2 Å². The number of rotatable bonds is 8. The van der Waals surface area contributed by atoms with E-state index in [4.69, 9.17) is 26.2 Å². The van der Waals surface area contributed by atoms with Gasteiger partial charge >= 0.3 is 0 Å². The summed E-state index contributed by atoms with van der Waals surface area (Å²) in [5, 5.41) is 15.0. The maximum Gasteiger partial charge on any atom is 0.247 e. The standard InChI is InChI=1S/C32H35ClFN3O5/c1-31(2,3)18-27-32(20-8-5-6-10-22(20)36-30(32)40)17-24(37(27)23-11-7-9-21(33)28(23)34)29(39)35-19-12-13-25(42-15-14-38)26(16-19)41-4/h5-13,16,24,27,38H,14-15,17-18H2,1-4H3,(H,35,39)(H,36,40). The Morgan fingerprint density at radius 1 is 1.17 bits per heavy atom. The van der Waals surface area contributed by atoms with Crippen molar-refractivity contribution in [2.75, 3.05) is 35.9 Å². The maximum atomic E-state index is 15.8. The van der Waals surface area contributed by atoms with E-state index >= 15 is 4.39 Å². The molecule has 42 heavy (non-hydrogen) atoms. The number of halogens is 2. The number of aliphatic hydroxyl groups is 1. The minimum atomic E-state index is -1.11.